The number of H-pyrrole nitrogens is 2. The summed E-state index contributed by atoms with van der Waals surface area (Å²) in [6.45, 7) is 0. The number of hydrogen-bond acceptors (Lipinski definition) is 4. The molecule has 4 aromatic heterocycles. The normalized spacial score (nSPS) is 11.9. The van der Waals surface area contributed by atoms with Gasteiger partial charge < -0.3 is 9.97 Å². The maximum Gasteiger partial charge on any atom is 0.138 e. The third kappa shape index (κ3) is 4.11. The molecule has 0 aliphatic carbocycles. The quantitative estimate of drug-likeness (QED) is 0.205. The Hall–Kier alpha value is -5.56. The maximum atomic E-state index is 4.81. The zero-order chi connectivity index (χ0) is 30.2. The number of nitrogens with zero attached hydrogens (tertiary/aromatic N) is 2. The molecule has 0 amide bonds. The second-order valence-electron chi connectivity index (χ2n) is 11.6. The second-order valence-corrected chi connectivity index (χ2v) is 13.8. The molecule has 10 aromatic rings. The van der Waals surface area contributed by atoms with Gasteiger partial charge in [-0.1, -0.05) is 91.0 Å². The van der Waals surface area contributed by atoms with E-state index in [-0.39, 0.29) is 0 Å². The number of aromatic amines is 2. The summed E-state index contributed by atoms with van der Waals surface area (Å²) in [7, 11) is 0. The van der Waals surface area contributed by atoms with Crippen LogP contribution in [0.5, 0.6) is 0 Å². The predicted octanol–water partition coefficient (Wildman–Crippen LogP) is 11.7. The average Bonchev–Trinajstić information content (AvgIpc) is 3.89. The molecule has 0 aliphatic rings. The number of benzene rings is 6. The van der Waals surface area contributed by atoms with E-state index in [4.69, 9.17) is 9.97 Å². The smallest absolute Gasteiger partial charge is 0.138 e. The summed E-state index contributed by atoms with van der Waals surface area (Å²) in [5.41, 5.74) is 11.1. The molecule has 216 valence electrons. The van der Waals surface area contributed by atoms with E-state index < -0.39 is 0 Å². The molecule has 4 heterocycles. The van der Waals surface area contributed by atoms with Gasteiger partial charge in [-0.2, -0.15) is 0 Å². The minimum Gasteiger partial charge on any atom is -0.338 e. The standard InChI is InChI=1S/C40H24N4S2/c1-2-9-32-31(8-1)41-39(42-32)24-14-12-23(13-15-24)26-16-18-29-35(21-26)45-38-30-19-17-27(22-36(30)46-37(29)38)25-6-5-7-28(20-25)40-43-33-10-3-4-11-34(33)44-40/h1-22H,(H,41,42)(H,43,44). The van der Waals surface area contributed by atoms with Crippen molar-refractivity contribution in [2.75, 3.05) is 0 Å². The van der Waals surface area contributed by atoms with Gasteiger partial charge in [0.25, 0.3) is 0 Å². The van der Waals surface area contributed by atoms with E-state index in [1.54, 1.807) is 0 Å². The lowest BCUT2D eigenvalue weighted by Crippen LogP contribution is -1.83. The average molecular weight is 625 g/mol. The lowest BCUT2D eigenvalue weighted by molar-refractivity contribution is 1.34. The van der Waals surface area contributed by atoms with Crippen LogP contribution in [0.15, 0.2) is 133 Å². The molecule has 6 heteroatoms. The molecule has 2 N–H and O–H groups in total. The minimum atomic E-state index is 0.897. The highest BCUT2D eigenvalue weighted by atomic mass is 32.1. The molecule has 0 aliphatic heterocycles. The van der Waals surface area contributed by atoms with E-state index in [2.05, 4.69) is 107 Å². The van der Waals surface area contributed by atoms with Crippen LogP contribution in [0.2, 0.25) is 0 Å². The summed E-state index contributed by atoms with van der Waals surface area (Å²) in [6.07, 6.45) is 0. The van der Waals surface area contributed by atoms with Gasteiger partial charge in [0.2, 0.25) is 0 Å². The topological polar surface area (TPSA) is 57.4 Å². The van der Waals surface area contributed by atoms with E-state index in [0.29, 0.717) is 0 Å². The summed E-state index contributed by atoms with van der Waals surface area (Å²) in [5, 5.41) is 2.66. The van der Waals surface area contributed by atoms with Crippen molar-refractivity contribution in [1.29, 1.82) is 0 Å². The van der Waals surface area contributed by atoms with Gasteiger partial charge in [-0.3, -0.25) is 0 Å². The molecule has 10 rings (SSSR count). The summed E-state index contributed by atoms with van der Waals surface area (Å²) in [6, 6.07) is 47.5. The van der Waals surface area contributed by atoms with Crippen molar-refractivity contribution in [3.8, 4) is 45.0 Å². The summed E-state index contributed by atoms with van der Waals surface area (Å²) < 4.78 is 5.38. The SMILES string of the molecule is c1cc(-c2ccc3c(c2)sc2c4ccc(-c5ccc(-c6nc7ccccc7[nH]6)cc5)cc4sc32)cc(-c2nc3ccccc3[nH]2)c1. The molecule has 6 aromatic carbocycles. The predicted molar refractivity (Wildman–Crippen MR) is 196 cm³/mol. The van der Waals surface area contributed by atoms with Crippen LogP contribution >= 0.6 is 22.7 Å². The van der Waals surface area contributed by atoms with Crippen LogP contribution < -0.4 is 0 Å². The number of aromatic nitrogens is 4. The van der Waals surface area contributed by atoms with Gasteiger partial charge in [-0.25, -0.2) is 9.97 Å². The molecule has 0 saturated carbocycles. The van der Waals surface area contributed by atoms with Crippen LogP contribution in [-0.2, 0) is 0 Å². The van der Waals surface area contributed by atoms with Gasteiger partial charge in [0.1, 0.15) is 11.6 Å². The number of para-hydroxylation sites is 4. The first-order chi connectivity index (χ1) is 22.7. The van der Waals surface area contributed by atoms with Crippen molar-refractivity contribution in [1.82, 2.24) is 19.9 Å². The molecule has 0 unspecified atom stereocenters. The highest BCUT2D eigenvalue weighted by molar-refractivity contribution is 7.36. The molecule has 0 fully saturated rings. The van der Waals surface area contributed by atoms with Gasteiger partial charge in [-0.15, -0.1) is 22.7 Å². The largest absolute Gasteiger partial charge is 0.338 e. The molecular weight excluding hydrogens is 601 g/mol. The van der Waals surface area contributed by atoms with Crippen LogP contribution in [0.4, 0.5) is 0 Å². The minimum absolute atomic E-state index is 0.897. The molecule has 0 bridgehead atoms. The zero-order valence-corrected chi connectivity index (χ0v) is 26.0. The third-order valence-corrected chi connectivity index (χ3v) is 11.3. The summed E-state index contributed by atoms with van der Waals surface area (Å²) in [5.74, 6) is 1.80. The van der Waals surface area contributed by atoms with E-state index in [0.717, 1.165) is 44.8 Å². The highest BCUT2D eigenvalue weighted by Crippen LogP contribution is 2.46. The Kier molecular flexibility index (Phi) is 5.58. The van der Waals surface area contributed by atoms with Gasteiger partial charge in [-0.05, 0) is 64.7 Å². The Labute approximate surface area is 271 Å². The monoisotopic (exact) mass is 624 g/mol. The van der Waals surface area contributed by atoms with Crippen molar-refractivity contribution in [2.24, 2.45) is 0 Å². The second kappa shape index (κ2) is 9.97. The molecule has 0 atom stereocenters. The maximum absolute atomic E-state index is 4.81. The molecule has 0 radical (unpaired) electrons. The van der Waals surface area contributed by atoms with Crippen LogP contribution in [0.25, 0.3) is 96.7 Å². The summed E-state index contributed by atoms with van der Waals surface area (Å²) >= 11 is 3.79. The highest BCUT2D eigenvalue weighted by Gasteiger charge is 2.15. The fraction of sp³-hybridized carbons (Fsp3) is 0. The van der Waals surface area contributed by atoms with Crippen molar-refractivity contribution in [2.45, 2.75) is 0 Å². The van der Waals surface area contributed by atoms with Gasteiger partial charge in [0.05, 0.1) is 31.5 Å². The first-order valence-electron chi connectivity index (χ1n) is 15.2. The van der Waals surface area contributed by atoms with Crippen LogP contribution in [0.3, 0.4) is 0 Å². The van der Waals surface area contributed by atoms with Crippen molar-refractivity contribution >= 4 is 74.3 Å². The third-order valence-electron chi connectivity index (χ3n) is 8.82. The van der Waals surface area contributed by atoms with Gasteiger partial charge in [0, 0.05) is 31.3 Å². The number of imidazole rings is 2. The zero-order valence-electron chi connectivity index (χ0n) is 24.4. The fourth-order valence-corrected chi connectivity index (χ4v) is 9.19. The van der Waals surface area contributed by atoms with E-state index in [9.17, 15) is 0 Å². The number of fused-ring (bicyclic) bond motifs is 7. The molecule has 0 spiro atoms. The van der Waals surface area contributed by atoms with E-state index in [1.807, 2.05) is 59.1 Å². The number of nitrogens with one attached hydrogen (secondary N) is 2. The first kappa shape index (κ1) is 25.7. The molecule has 4 nitrogen and oxygen atoms in total. The number of thiophene rings is 2. The van der Waals surface area contributed by atoms with Crippen LogP contribution in [-0.4, -0.2) is 19.9 Å². The lowest BCUT2D eigenvalue weighted by atomic mass is 10.0. The van der Waals surface area contributed by atoms with E-state index in [1.165, 1.54) is 51.8 Å². The Morgan fingerprint density at radius 3 is 1.48 bits per heavy atom. The Morgan fingerprint density at radius 1 is 0.391 bits per heavy atom. The Morgan fingerprint density at radius 2 is 0.870 bits per heavy atom. The number of hydrogen-bond donors (Lipinski definition) is 2. The van der Waals surface area contributed by atoms with Crippen LogP contribution in [0.1, 0.15) is 0 Å². The van der Waals surface area contributed by atoms with Crippen molar-refractivity contribution in [3.63, 3.8) is 0 Å². The van der Waals surface area contributed by atoms with Gasteiger partial charge in [0.15, 0.2) is 0 Å². The fourth-order valence-electron chi connectivity index (χ4n) is 6.46. The molecule has 46 heavy (non-hydrogen) atoms. The van der Waals surface area contributed by atoms with Crippen molar-refractivity contribution in [3.05, 3.63) is 133 Å². The number of rotatable bonds is 4. The summed E-state index contributed by atoms with van der Waals surface area (Å²) in [4.78, 5) is 16.5. The first-order valence-corrected chi connectivity index (χ1v) is 16.9. The van der Waals surface area contributed by atoms with Crippen LogP contribution in [0, 0.1) is 0 Å². The van der Waals surface area contributed by atoms with Gasteiger partial charge >= 0.3 is 0 Å². The Balaban J connectivity index is 0.975. The van der Waals surface area contributed by atoms with Crippen molar-refractivity contribution < 1.29 is 0 Å². The molecular formula is C40H24N4S2. The Bertz CT molecular complexity index is 2690. The molecule has 0 saturated heterocycles. The lowest BCUT2D eigenvalue weighted by Gasteiger charge is -2.05. The van der Waals surface area contributed by atoms with E-state index >= 15 is 0 Å².